The Morgan fingerprint density at radius 1 is 1.09 bits per heavy atom. The average Bonchev–Trinajstić information content (AvgIpc) is 3.40. The number of likely N-dealkylation sites (N-methyl/N-ethyl adjacent to an activating group) is 1. The van der Waals surface area contributed by atoms with Gasteiger partial charge in [-0.25, -0.2) is 14.0 Å². The van der Waals surface area contributed by atoms with Gasteiger partial charge in [0.05, 0.1) is 23.9 Å². The van der Waals surface area contributed by atoms with Gasteiger partial charge in [0, 0.05) is 62.9 Å². The van der Waals surface area contributed by atoms with Gasteiger partial charge in [-0.05, 0) is 65.1 Å². The maximum Gasteiger partial charge on any atom is 0.410 e. The minimum Gasteiger partial charge on any atom is -0.455 e. The number of ketones is 2. The summed E-state index contributed by atoms with van der Waals surface area (Å²) in [5, 5.41) is 17.8. The van der Waals surface area contributed by atoms with Crippen molar-refractivity contribution in [2.75, 3.05) is 26.7 Å². The first kappa shape index (κ1) is 43.6. The lowest BCUT2D eigenvalue weighted by Crippen LogP contribution is -2.62. The minimum atomic E-state index is -3.17. The van der Waals surface area contributed by atoms with Crippen molar-refractivity contribution in [3.8, 4) is 0 Å². The first-order chi connectivity index (χ1) is 25.4. The quantitative estimate of drug-likeness (QED) is 0.170. The number of alkyl halides is 1. The van der Waals surface area contributed by atoms with E-state index in [1.54, 1.807) is 47.0 Å². The first-order valence-electron chi connectivity index (χ1n) is 19.2. The number of methoxy groups -OCH3 is 1. The number of aromatic nitrogens is 1. The zero-order chi connectivity index (χ0) is 40.2. The van der Waals surface area contributed by atoms with Crippen LogP contribution in [-0.4, -0.2) is 125 Å². The Morgan fingerprint density at radius 2 is 1.80 bits per heavy atom. The highest BCUT2D eigenvalue weighted by atomic mass is 19.1. The molecule has 14 nitrogen and oxygen atoms in total. The molecule has 3 fully saturated rings. The second-order valence-corrected chi connectivity index (χ2v) is 15.8. The zero-order valence-corrected chi connectivity index (χ0v) is 33.4. The number of amides is 1. The number of ether oxygens (including phenoxy) is 5. The van der Waals surface area contributed by atoms with Gasteiger partial charge in [-0.2, -0.15) is 0 Å². The third-order valence-corrected chi connectivity index (χ3v) is 11.6. The lowest BCUT2D eigenvalue weighted by atomic mass is 9.73. The van der Waals surface area contributed by atoms with Crippen molar-refractivity contribution in [1.82, 2.24) is 20.5 Å². The van der Waals surface area contributed by atoms with Gasteiger partial charge in [0.25, 0.3) is 5.67 Å². The van der Waals surface area contributed by atoms with Crippen molar-refractivity contribution in [3.63, 3.8) is 0 Å². The number of cyclic esters (lactones) is 1. The second-order valence-electron chi connectivity index (χ2n) is 15.8. The number of rotatable bonds is 11. The number of nitrogens with one attached hydrogen (secondary N) is 2. The molecular formula is C39H61FN4O10. The molecule has 1 aromatic heterocycles. The number of esters is 1. The Hall–Kier alpha value is -3.08. The molecule has 0 aromatic carbocycles. The summed E-state index contributed by atoms with van der Waals surface area (Å²) in [6, 6.07) is 2.41. The van der Waals surface area contributed by atoms with Gasteiger partial charge in [0.2, 0.25) is 0 Å². The van der Waals surface area contributed by atoms with Gasteiger partial charge < -0.3 is 39.4 Å². The number of aliphatic hydroxyl groups is 1. The molecule has 3 N–H and O–H groups in total. The molecule has 3 aliphatic rings. The summed E-state index contributed by atoms with van der Waals surface area (Å²) in [5.74, 6) is -5.79. The van der Waals surface area contributed by atoms with E-state index in [1.165, 1.54) is 18.9 Å². The van der Waals surface area contributed by atoms with Crippen LogP contribution in [0.25, 0.3) is 0 Å². The molecule has 13 atom stereocenters. The molecule has 0 radical (unpaired) electrons. The Labute approximate surface area is 318 Å². The fraction of sp³-hybridized carbons (Fsp3) is 0.769. The third-order valence-electron chi connectivity index (χ3n) is 11.6. The maximum atomic E-state index is 16.8. The Bertz CT molecular complexity index is 1470. The number of Topliss-reactive ketones (excluding diaryl/α,β-unsaturated/α-hetero) is 2. The highest BCUT2D eigenvalue weighted by Crippen LogP contribution is 2.43. The van der Waals surface area contributed by atoms with Crippen LogP contribution in [-0.2, 0) is 44.6 Å². The number of carbonyl (C=O) groups is 4. The van der Waals surface area contributed by atoms with E-state index in [1.807, 2.05) is 26.0 Å². The molecule has 3 aliphatic heterocycles. The van der Waals surface area contributed by atoms with Gasteiger partial charge in [-0.1, -0.05) is 40.7 Å². The summed E-state index contributed by atoms with van der Waals surface area (Å²) < 4.78 is 47.1. The van der Waals surface area contributed by atoms with E-state index >= 15 is 4.39 Å². The first-order valence-corrected chi connectivity index (χ1v) is 19.2. The molecule has 1 unspecified atom stereocenters. The standard InChI is InChI=1S/C39H61FN4O10/c1-11-28-39(9)31(44(36(49)54-39)17-16-42-21-26-14-13-15-41-20-26)24(5)29(45)22(3)19-37(7,50-10)33(25(6)32(47)38(8,40)35(48)52-28)53-34-30(46)27(43-12-2)18-23(4)51-34/h13-15,20,22-25,27-28,30-31,33-34,42-43,46H,11-12,16-19,21H2,1-10H3/t22-,23-,24+,25+,27+,28-,30+,31?,33-,34+,37-,38+,39-/m1/s1. The highest BCUT2D eigenvalue weighted by Gasteiger charge is 2.61. The minimum absolute atomic E-state index is 0.000472. The summed E-state index contributed by atoms with van der Waals surface area (Å²) >= 11 is 0. The van der Waals surface area contributed by atoms with E-state index in [4.69, 9.17) is 23.7 Å². The van der Waals surface area contributed by atoms with Crippen LogP contribution in [0.2, 0.25) is 0 Å². The van der Waals surface area contributed by atoms with Crippen LogP contribution >= 0.6 is 0 Å². The van der Waals surface area contributed by atoms with Crippen molar-refractivity contribution >= 4 is 23.6 Å². The van der Waals surface area contributed by atoms with Crippen LogP contribution in [0, 0.1) is 17.8 Å². The Kier molecular flexibility index (Phi) is 14.4. The molecular weight excluding hydrogens is 703 g/mol. The van der Waals surface area contributed by atoms with Crippen molar-refractivity contribution < 1.29 is 52.4 Å². The summed E-state index contributed by atoms with van der Waals surface area (Å²) in [7, 11) is 1.40. The lowest BCUT2D eigenvalue weighted by Gasteiger charge is -2.46. The predicted molar refractivity (Wildman–Crippen MR) is 196 cm³/mol. The molecule has 1 aromatic rings. The van der Waals surface area contributed by atoms with Gasteiger partial charge in [-0.15, -0.1) is 0 Å². The fourth-order valence-corrected chi connectivity index (χ4v) is 8.62. The second kappa shape index (κ2) is 17.8. The van der Waals surface area contributed by atoms with Crippen LogP contribution < -0.4 is 10.6 Å². The normalized spacial score (nSPS) is 39.8. The average molecular weight is 765 g/mol. The largest absolute Gasteiger partial charge is 0.455 e. The number of nitrogens with zero attached hydrogens (tertiary/aromatic N) is 2. The molecule has 54 heavy (non-hydrogen) atoms. The predicted octanol–water partition coefficient (Wildman–Crippen LogP) is 3.52. The molecule has 0 spiro atoms. The molecule has 4 rings (SSSR count). The fourth-order valence-electron chi connectivity index (χ4n) is 8.62. The van der Waals surface area contributed by atoms with Crippen molar-refractivity contribution in [1.29, 1.82) is 0 Å². The van der Waals surface area contributed by atoms with E-state index in [2.05, 4.69) is 15.6 Å². The maximum absolute atomic E-state index is 16.8. The van der Waals surface area contributed by atoms with Crippen LogP contribution in [0.4, 0.5) is 9.18 Å². The van der Waals surface area contributed by atoms with Crippen molar-refractivity contribution in [2.24, 2.45) is 17.8 Å². The van der Waals surface area contributed by atoms with E-state index in [-0.39, 0.29) is 31.3 Å². The van der Waals surface area contributed by atoms with Crippen LogP contribution in [0.1, 0.15) is 87.1 Å². The molecule has 4 heterocycles. The van der Waals surface area contributed by atoms with Gasteiger partial charge >= 0.3 is 12.1 Å². The number of carbonyl (C=O) groups excluding carboxylic acids is 4. The van der Waals surface area contributed by atoms with E-state index in [0.717, 1.165) is 12.5 Å². The Balaban J connectivity index is 1.74. The number of fused-ring (bicyclic) bond motifs is 1. The molecule has 15 heteroatoms. The number of pyridine rings is 1. The van der Waals surface area contributed by atoms with E-state index in [0.29, 0.717) is 26.1 Å². The number of hydrogen-bond acceptors (Lipinski definition) is 13. The van der Waals surface area contributed by atoms with Gasteiger partial charge in [-0.3, -0.25) is 19.5 Å². The van der Waals surface area contributed by atoms with E-state index in [9.17, 15) is 24.3 Å². The van der Waals surface area contributed by atoms with Crippen molar-refractivity contribution in [2.45, 2.75) is 148 Å². The zero-order valence-electron chi connectivity index (χ0n) is 33.4. The summed E-state index contributed by atoms with van der Waals surface area (Å²) in [6.07, 6.45) is -1.99. The van der Waals surface area contributed by atoms with Gasteiger partial charge in [0.15, 0.2) is 17.7 Å². The summed E-state index contributed by atoms with van der Waals surface area (Å²) in [6.45, 7) is 15.9. The summed E-state index contributed by atoms with van der Waals surface area (Å²) in [5.41, 5.74) is -5.26. The molecule has 304 valence electrons. The van der Waals surface area contributed by atoms with Crippen LogP contribution in [0.5, 0.6) is 0 Å². The lowest BCUT2D eigenvalue weighted by molar-refractivity contribution is -0.290. The third kappa shape index (κ3) is 8.97. The van der Waals surface area contributed by atoms with Crippen molar-refractivity contribution in [3.05, 3.63) is 30.1 Å². The molecule has 3 saturated heterocycles. The van der Waals surface area contributed by atoms with Crippen LogP contribution in [0.15, 0.2) is 24.5 Å². The molecule has 0 aliphatic carbocycles. The number of hydrogen-bond donors (Lipinski definition) is 3. The Morgan fingerprint density at radius 3 is 2.41 bits per heavy atom. The summed E-state index contributed by atoms with van der Waals surface area (Å²) in [4.78, 5) is 61.8. The molecule has 0 saturated carbocycles. The van der Waals surface area contributed by atoms with E-state index < -0.39 is 89.2 Å². The highest BCUT2D eigenvalue weighted by molar-refractivity contribution is 6.08. The monoisotopic (exact) mass is 764 g/mol. The SMILES string of the molecule is CCN[C@H]1C[C@@H](C)O[C@@H](O[C@@H]2[C@@H](C)C(=O)[C@](C)(F)C(=O)O[C@H](CC)[C@@]3(C)OC(=O)N(CCNCc4cccnc4)C3[C@@H](C)C(=O)[C@H](C)C[C@@]2(C)OC)[C@H]1O. The number of aliphatic hydroxyl groups excluding tert-OH is 1. The molecule has 0 bridgehead atoms. The van der Waals surface area contributed by atoms with Gasteiger partial charge in [0.1, 0.15) is 18.0 Å². The smallest absolute Gasteiger partial charge is 0.410 e. The topological polar surface area (TPSA) is 175 Å². The number of halogens is 1. The van der Waals surface area contributed by atoms with Crippen LogP contribution in [0.3, 0.4) is 0 Å². The molecule has 1 amide bonds.